The molecule has 2 aromatic rings. The van der Waals surface area contributed by atoms with Crippen molar-refractivity contribution in [2.75, 3.05) is 0 Å². The molecule has 3 heteroatoms. The number of aromatic amines is 1. The SMILES string of the molecule is CC1CCCC(n2c(=S)[nH]c3ccccc32)CC1. The third-order valence-corrected chi connectivity index (χ3v) is 4.51. The van der Waals surface area contributed by atoms with Gasteiger partial charge in [0.05, 0.1) is 11.0 Å². The molecular formula is C15H20N2S. The van der Waals surface area contributed by atoms with Gasteiger partial charge in [0.25, 0.3) is 0 Å². The molecule has 96 valence electrons. The fourth-order valence-electron chi connectivity index (χ4n) is 3.16. The summed E-state index contributed by atoms with van der Waals surface area (Å²) in [5, 5.41) is 0. The zero-order valence-electron chi connectivity index (χ0n) is 10.9. The molecule has 2 atom stereocenters. The van der Waals surface area contributed by atoms with E-state index in [2.05, 4.69) is 40.7 Å². The molecule has 2 unspecified atom stereocenters. The van der Waals surface area contributed by atoms with Crippen molar-refractivity contribution in [2.45, 2.75) is 45.1 Å². The Morgan fingerprint density at radius 2 is 2.00 bits per heavy atom. The summed E-state index contributed by atoms with van der Waals surface area (Å²) in [6.07, 6.45) is 6.54. The van der Waals surface area contributed by atoms with E-state index < -0.39 is 0 Å². The van der Waals surface area contributed by atoms with Crippen molar-refractivity contribution in [1.29, 1.82) is 0 Å². The Morgan fingerprint density at radius 3 is 2.89 bits per heavy atom. The number of nitrogens with one attached hydrogen (secondary N) is 1. The lowest BCUT2D eigenvalue weighted by Crippen LogP contribution is -2.08. The van der Waals surface area contributed by atoms with E-state index in [9.17, 15) is 0 Å². The highest BCUT2D eigenvalue weighted by Gasteiger charge is 2.19. The number of imidazole rings is 1. The van der Waals surface area contributed by atoms with Crippen LogP contribution in [-0.4, -0.2) is 9.55 Å². The van der Waals surface area contributed by atoms with Gasteiger partial charge < -0.3 is 9.55 Å². The van der Waals surface area contributed by atoms with Gasteiger partial charge in [-0.25, -0.2) is 0 Å². The summed E-state index contributed by atoms with van der Waals surface area (Å²) in [5.41, 5.74) is 2.43. The number of rotatable bonds is 1. The van der Waals surface area contributed by atoms with E-state index >= 15 is 0 Å². The Hall–Kier alpha value is -1.09. The van der Waals surface area contributed by atoms with E-state index in [-0.39, 0.29) is 0 Å². The van der Waals surface area contributed by atoms with Crippen molar-refractivity contribution < 1.29 is 0 Å². The van der Waals surface area contributed by atoms with Crippen LogP contribution in [0.5, 0.6) is 0 Å². The lowest BCUT2D eigenvalue weighted by Gasteiger charge is -2.17. The summed E-state index contributed by atoms with van der Waals surface area (Å²) in [4.78, 5) is 3.33. The molecule has 1 aromatic carbocycles. The first kappa shape index (κ1) is 12.0. The van der Waals surface area contributed by atoms with E-state index in [4.69, 9.17) is 12.2 Å². The van der Waals surface area contributed by atoms with Crippen LogP contribution >= 0.6 is 12.2 Å². The summed E-state index contributed by atoms with van der Waals surface area (Å²) in [6, 6.07) is 9.03. The molecule has 1 heterocycles. The summed E-state index contributed by atoms with van der Waals surface area (Å²) in [6.45, 7) is 2.37. The minimum atomic E-state index is 0.582. The van der Waals surface area contributed by atoms with Crippen LogP contribution in [0, 0.1) is 10.7 Å². The molecule has 1 aliphatic rings. The number of H-pyrrole nitrogens is 1. The third kappa shape index (κ3) is 2.12. The summed E-state index contributed by atoms with van der Waals surface area (Å²) >= 11 is 5.51. The Morgan fingerprint density at radius 1 is 1.17 bits per heavy atom. The van der Waals surface area contributed by atoms with Crippen molar-refractivity contribution in [3.05, 3.63) is 29.0 Å². The van der Waals surface area contributed by atoms with Crippen LogP contribution in [0.3, 0.4) is 0 Å². The molecule has 0 radical (unpaired) electrons. The lowest BCUT2D eigenvalue weighted by atomic mass is 10.0. The van der Waals surface area contributed by atoms with Crippen LogP contribution in [-0.2, 0) is 0 Å². The average Bonchev–Trinajstić information content (AvgIpc) is 2.54. The molecule has 2 nitrogen and oxygen atoms in total. The molecule has 0 spiro atoms. The largest absolute Gasteiger partial charge is 0.331 e. The highest BCUT2D eigenvalue weighted by atomic mass is 32.1. The van der Waals surface area contributed by atoms with Gasteiger partial charge >= 0.3 is 0 Å². The maximum atomic E-state index is 5.51. The summed E-state index contributed by atoms with van der Waals surface area (Å²) in [7, 11) is 0. The molecule has 1 aliphatic carbocycles. The Kier molecular flexibility index (Phi) is 3.25. The first-order valence-electron chi connectivity index (χ1n) is 6.95. The molecule has 3 rings (SSSR count). The van der Waals surface area contributed by atoms with Crippen molar-refractivity contribution in [3.8, 4) is 0 Å². The number of nitrogens with zero attached hydrogens (tertiary/aromatic N) is 1. The van der Waals surface area contributed by atoms with Gasteiger partial charge in [0, 0.05) is 6.04 Å². The van der Waals surface area contributed by atoms with Gasteiger partial charge in [-0.05, 0) is 49.5 Å². The monoisotopic (exact) mass is 260 g/mol. The number of benzene rings is 1. The van der Waals surface area contributed by atoms with E-state index in [1.807, 2.05) is 0 Å². The smallest absolute Gasteiger partial charge is 0.178 e. The predicted octanol–water partition coefficient (Wildman–Crippen LogP) is 4.84. The third-order valence-electron chi connectivity index (χ3n) is 4.22. The maximum Gasteiger partial charge on any atom is 0.178 e. The lowest BCUT2D eigenvalue weighted by molar-refractivity contribution is 0.438. The number of fused-ring (bicyclic) bond motifs is 1. The minimum absolute atomic E-state index is 0.582. The van der Waals surface area contributed by atoms with Crippen LogP contribution in [0.25, 0.3) is 11.0 Å². The van der Waals surface area contributed by atoms with Crippen molar-refractivity contribution >= 4 is 23.3 Å². The highest BCUT2D eigenvalue weighted by Crippen LogP contribution is 2.32. The molecule has 1 N–H and O–H groups in total. The average molecular weight is 260 g/mol. The number of hydrogen-bond donors (Lipinski definition) is 1. The summed E-state index contributed by atoms with van der Waals surface area (Å²) < 4.78 is 3.23. The van der Waals surface area contributed by atoms with Gasteiger partial charge in [0.15, 0.2) is 4.77 Å². The molecule has 0 aliphatic heterocycles. The zero-order chi connectivity index (χ0) is 12.5. The predicted molar refractivity (Wildman–Crippen MR) is 78.4 cm³/mol. The molecular weight excluding hydrogens is 240 g/mol. The molecule has 1 aromatic heterocycles. The number of hydrogen-bond acceptors (Lipinski definition) is 1. The van der Waals surface area contributed by atoms with Crippen LogP contribution < -0.4 is 0 Å². The maximum absolute atomic E-state index is 5.51. The van der Waals surface area contributed by atoms with E-state index in [1.54, 1.807) is 0 Å². The molecule has 0 amide bonds. The fraction of sp³-hybridized carbons (Fsp3) is 0.533. The normalized spacial score (nSPS) is 25.2. The van der Waals surface area contributed by atoms with Crippen molar-refractivity contribution in [2.24, 2.45) is 5.92 Å². The van der Waals surface area contributed by atoms with Gasteiger partial charge in [0.2, 0.25) is 0 Å². The standard InChI is InChI=1S/C15H20N2S/c1-11-5-4-6-12(10-9-11)17-14-8-3-2-7-13(14)16-15(17)18/h2-3,7-8,11-12H,4-6,9-10H2,1H3,(H,16,18). The first-order chi connectivity index (χ1) is 8.75. The van der Waals surface area contributed by atoms with E-state index in [0.29, 0.717) is 6.04 Å². The van der Waals surface area contributed by atoms with Crippen molar-refractivity contribution in [1.82, 2.24) is 9.55 Å². The van der Waals surface area contributed by atoms with Gasteiger partial charge in [0.1, 0.15) is 0 Å². The van der Waals surface area contributed by atoms with E-state index in [1.165, 1.54) is 43.1 Å². The van der Waals surface area contributed by atoms with Crippen LogP contribution in [0.1, 0.15) is 45.1 Å². The van der Waals surface area contributed by atoms with Gasteiger partial charge in [-0.15, -0.1) is 0 Å². The molecule has 0 bridgehead atoms. The molecule has 18 heavy (non-hydrogen) atoms. The second kappa shape index (κ2) is 4.88. The fourth-order valence-corrected chi connectivity index (χ4v) is 3.52. The second-order valence-corrected chi connectivity index (χ2v) is 5.97. The van der Waals surface area contributed by atoms with Gasteiger partial charge in [-0.2, -0.15) is 0 Å². The zero-order valence-corrected chi connectivity index (χ0v) is 11.7. The number of aromatic nitrogens is 2. The minimum Gasteiger partial charge on any atom is -0.331 e. The van der Waals surface area contributed by atoms with E-state index in [0.717, 1.165) is 10.7 Å². The van der Waals surface area contributed by atoms with Crippen LogP contribution in [0.4, 0.5) is 0 Å². The number of para-hydroxylation sites is 2. The van der Waals surface area contributed by atoms with Gasteiger partial charge in [-0.1, -0.05) is 31.9 Å². The molecule has 1 fully saturated rings. The first-order valence-corrected chi connectivity index (χ1v) is 7.36. The quantitative estimate of drug-likeness (QED) is 0.574. The Bertz CT molecular complexity index is 596. The topological polar surface area (TPSA) is 20.7 Å². The molecule has 1 saturated carbocycles. The van der Waals surface area contributed by atoms with Crippen LogP contribution in [0.15, 0.2) is 24.3 Å². The van der Waals surface area contributed by atoms with Crippen molar-refractivity contribution in [3.63, 3.8) is 0 Å². The van der Waals surface area contributed by atoms with Gasteiger partial charge in [-0.3, -0.25) is 0 Å². The Balaban J connectivity index is 2.03. The highest BCUT2D eigenvalue weighted by molar-refractivity contribution is 7.71. The van der Waals surface area contributed by atoms with Crippen LogP contribution in [0.2, 0.25) is 0 Å². The Labute approximate surface area is 113 Å². The second-order valence-electron chi connectivity index (χ2n) is 5.58. The molecule has 0 saturated heterocycles. The summed E-state index contributed by atoms with van der Waals surface area (Å²) in [5.74, 6) is 0.870.